The number of rotatable bonds is 1. The van der Waals surface area contributed by atoms with Crippen LogP contribution in [0.5, 0.6) is 0 Å². The van der Waals surface area contributed by atoms with Gasteiger partial charge in [-0.15, -0.1) is 11.3 Å². The number of hydrogen-bond donors (Lipinski definition) is 0. The van der Waals surface area contributed by atoms with Gasteiger partial charge in [0.1, 0.15) is 0 Å². The molecule has 3 rings (SSSR count). The SMILES string of the molecule is O=C(c1cccs1)N1CCC2(CCCC2)CC1. The summed E-state index contributed by atoms with van der Waals surface area (Å²) in [5, 5.41) is 1.98. The summed E-state index contributed by atoms with van der Waals surface area (Å²) >= 11 is 1.56. The molecule has 1 amide bonds. The van der Waals surface area contributed by atoms with Crippen molar-refractivity contribution < 1.29 is 4.79 Å². The molecule has 1 aliphatic heterocycles. The van der Waals surface area contributed by atoms with E-state index in [2.05, 4.69) is 4.90 Å². The van der Waals surface area contributed by atoms with Gasteiger partial charge in [-0.25, -0.2) is 0 Å². The molecule has 1 spiro atoms. The third kappa shape index (κ3) is 2.13. The van der Waals surface area contributed by atoms with E-state index in [0.717, 1.165) is 18.0 Å². The minimum absolute atomic E-state index is 0.243. The first-order chi connectivity index (χ1) is 8.29. The topological polar surface area (TPSA) is 20.3 Å². The van der Waals surface area contributed by atoms with E-state index in [9.17, 15) is 4.79 Å². The summed E-state index contributed by atoms with van der Waals surface area (Å²) in [4.78, 5) is 15.1. The smallest absolute Gasteiger partial charge is 0.263 e. The highest BCUT2D eigenvalue weighted by Gasteiger charge is 2.38. The van der Waals surface area contributed by atoms with Gasteiger partial charge in [0, 0.05) is 13.1 Å². The molecule has 2 heterocycles. The van der Waals surface area contributed by atoms with Crippen LogP contribution in [0.4, 0.5) is 0 Å². The molecule has 2 fully saturated rings. The first kappa shape index (κ1) is 11.3. The summed E-state index contributed by atoms with van der Waals surface area (Å²) in [5.74, 6) is 0.243. The Morgan fingerprint density at radius 1 is 1.18 bits per heavy atom. The number of hydrogen-bond acceptors (Lipinski definition) is 2. The normalized spacial score (nSPS) is 23.2. The molecule has 0 N–H and O–H groups in total. The lowest BCUT2D eigenvalue weighted by atomic mass is 9.77. The van der Waals surface area contributed by atoms with Crippen molar-refractivity contribution in [3.8, 4) is 0 Å². The second-order valence-corrected chi connectivity index (χ2v) is 6.42. The number of amides is 1. The van der Waals surface area contributed by atoms with Crippen molar-refractivity contribution in [3.63, 3.8) is 0 Å². The zero-order valence-electron chi connectivity index (χ0n) is 10.2. The van der Waals surface area contributed by atoms with Crippen LogP contribution in [0.1, 0.15) is 48.2 Å². The summed E-state index contributed by atoms with van der Waals surface area (Å²) < 4.78 is 0. The number of nitrogens with zero attached hydrogens (tertiary/aromatic N) is 1. The summed E-state index contributed by atoms with van der Waals surface area (Å²) in [6.07, 6.45) is 8.05. The Bertz CT molecular complexity index is 382. The van der Waals surface area contributed by atoms with Gasteiger partial charge in [-0.1, -0.05) is 18.9 Å². The van der Waals surface area contributed by atoms with Crippen LogP contribution in [0.2, 0.25) is 0 Å². The molecule has 0 radical (unpaired) electrons. The first-order valence-corrected chi connectivity index (χ1v) is 7.50. The van der Waals surface area contributed by atoms with E-state index in [1.54, 1.807) is 11.3 Å². The molecule has 0 unspecified atom stereocenters. The van der Waals surface area contributed by atoms with Gasteiger partial charge in [0.15, 0.2) is 0 Å². The van der Waals surface area contributed by atoms with Gasteiger partial charge in [-0.05, 0) is 42.5 Å². The average Bonchev–Trinajstić information content (AvgIpc) is 3.01. The van der Waals surface area contributed by atoms with Crippen LogP contribution >= 0.6 is 11.3 Å². The highest BCUT2D eigenvalue weighted by molar-refractivity contribution is 7.12. The van der Waals surface area contributed by atoms with Gasteiger partial charge in [0.25, 0.3) is 5.91 Å². The Hall–Kier alpha value is -0.830. The minimum atomic E-state index is 0.243. The van der Waals surface area contributed by atoms with E-state index in [1.165, 1.54) is 38.5 Å². The monoisotopic (exact) mass is 249 g/mol. The van der Waals surface area contributed by atoms with Gasteiger partial charge in [-0.3, -0.25) is 4.79 Å². The fourth-order valence-electron chi connectivity index (χ4n) is 3.37. The number of piperidine rings is 1. The summed E-state index contributed by atoms with van der Waals surface area (Å²) in [7, 11) is 0. The average molecular weight is 249 g/mol. The summed E-state index contributed by atoms with van der Waals surface area (Å²) in [5.41, 5.74) is 0.603. The van der Waals surface area contributed by atoms with E-state index >= 15 is 0 Å². The van der Waals surface area contributed by atoms with E-state index in [1.807, 2.05) is 17.5 Å². The molecule has 2 aliphatic rings. The van der Waals surface area contributed by atoms with Crippen molar-refractivity contribution in [2.24, 2.45) is 5.41 Å². The van der Waals surface area contributed by atoms with Crippen LogP contribution < -0.4 is 0 Å². The maximum Gasteiger partial charge on any atom is 0.263 e. The van der Waals surface area contributed by atoms with Crippen LogP contribution in [0, 0.1) is 5.41 Å². The van der Waals surface area contributed by atoms with E-state index in [4.69, 9.17) is 0 Å². The van der Waals surface area contributed by atoms with Crippen molar-refractivity contribution in [2.45, 2.75) is 38.5 Å². The fraction of sp³-hybridized carbons (Fsp3) is 0.643. The molecular formula is C14H19NOS. The quantitative estimate of drug-likeness (QED) is 0.745. The highest BCUT2D eigenvalue weighted by Crippen LogP contribution is 2.46. The van der Waals surface area contributed by atoms with Crippen LogP contribution in [0.25, 0.3) is 0 Å². The van der Waals surface area contributed by atoms with Crippen molar-refractivity contribution in [1.29, 1.82) is 0 Å². The van der Waals surface area contributed by atoms with Crippen LogP contribution in [0.3, 0.4) is 0 Å². The highest BCUT2D eigenvalue weighted by atomic mass is 32.1. The van der Waals surface area contributed by atoms with Gasteiger partial charge < -0.3 is 4.90 Å². The molecule has 1 saturated heterocycles. The van der Waals surface area contributed by atoms with Crippen molar-refractivity contribution >= 4 is 17.2 Å². The van der Waals surface area contributed by atoms with Crippen molar-refractivity contribution in [3.05, 3.63) is 22.4 Å². The molecule has 1 aromatic rings. The second kappa shape index (κ2) is 4.45. The lowest BCUT2D eigenvalue weighted by Gasteiger charge is -2.39. The first-order valence-electron chi connectivity index (χ1n) is 6.62. The van der Waals surface area contributed by atoms with Crippen molar-refractivity contribution in [1.82, 2.24) is 4.90 Å². The molecule has 0 aromatic carbocycles. The third-order valence-corrected chi connectivity index (χ3v) is 5.37. The lowest BCUT2D eigenvalue weighted by Crippen LogP contribution is -2.42. The zero-order valence-corrected chi connectivity index (χ0v) is 11.0. The van der Waals surface area contributed by atoms with Crippen LogP contribution in [-0.2, 0) is 0 Å². The van der Waals surface area contributed by atoms with E-state index in [0.29, 0.717) is 5.41 Å². The Kier molecular flexibility index (Phi) is 2.95. The number of carbonyl (C=O) groups excluding carboxylic acids is 1. The maximum atomic E-state index is 12.2. The predicted molar refractivity (Wildman–Crippen MR) is 70.4 cm³/mol. The molecular weight excluding hydrogens is 230 g/mol. The number of carbonyl (C=O) groups is 1. The summed E-state index contributed by atoms with van der Waals surface area (Å²) in [6.45, 7) is 1.94. The van der Waals surface area contributed by atoms with Gasteiger partial charge in [-0.2, -0.15) is 0 Å². The number of likely N-dealkylation sites (tertiary alicyclic amines) is 1. The maximum absolute atomic E-state index is 12.2. The minimum Gasteiger partial charge on any atom is -0.338 e. The standard InChI is InChI=1S/C14H19NOS/c16-13(12-4-3-11-17-12)15-9-7-14(8-10-15)5-1-2-6-14/h3-4,11H,1-2,5-10H2. The second-order valence-electron chi connectivity index (χ2n) is 5.48. The molecule has 1 saturated carbocycles. The molecule has 17 heavy (non-hydrogen) atoms. The largest absolute Gasteiger partial charge is 0.338 e. The van der Waals surface area contributed by atoms with Gasteiger partial charge in [0.05, 0.1) is 4.88 Å². The molecule has 0 bridgehead atoms. The molecule has 1 aromatic heterocycles. The van der Waals surface area contributed by atoms with Crippen LogP contribution in [0.15, 0.2) is 17.5 Å². The number of thiophene rings is 1. The van der Waals surface area contributed by atoms with Crippen LogP contribution in [-0.4, -0.2) is 23.9 Å². The molecule has 1 aliphatic carbocycles. The molecule has 0 atom stereocenters. The Labute approximate surface area is 107 Å². The van der Waals surface area contributed by atoms with E-state index < -0.39 is 0 Å². The fourth-order valence-corrected chi connectivity index (χ4v) is 4.06. The Morgan fingerprint density at radius 3 is 2.47 bits per heavy atom. The third-order valence-electron chi connectivity index (χ3n) is 4.51. The molecule has 2 nitrogen and oxygen atoms in total. The van der Waals surface area contributed by atoms with Crippen molar-refractivity contribution in [2.75, 3.05) is 13.1 Å². The van der Waals surface area contributed by atoms with Gasteiger partial charge >= 0.3 is 0 Å². The summed E-state index contributed by atoms with van der Waals surface area (Å²) in [6, 6.07) is 3.90. The Morgan fingerprint density at radius 2 is 1.88 bits per heavy atom. The molecule has 92 valence electrons. The lowest BCUT2D eigenvalue weighted by molar-refractivity contribution is 0.0592. The zero-order chi connectivity index (χ0) is 11.7. The molecule has 3 heteroatoms. The predicted octanol–water partition coefficient (Wildman–Crippen LogP) is 3.54. The van der Waals surface area contributed by atoms with E-state index in [-0.39, 0.29) is 5.91 Å². The Balaban J connectivity index is 1.63. The van der Waals surface area contributed by atoms with Gasteiger partial charge in [0.2, 0.25) is 0 Å².